The van der Waals surface area contributed by atoms with Gasteiger partial charge in [0.25, 0.3) is 0 Å². The van der Waals surface area contributed by atoms with Gasteiger partial charge in [0.05, 0.1) is 12.8 Å². The Morgan fingerprint density at radius 2 is 2.38 bits per heavy atom. The van der Waals surface area contributed by atoms with Crippen molar-refractivity contribution in [1.82, 2.24) is 10.3 Å². The van der Waals surface area contributed by atoms with Crippen LogP contribution in [-0.2, 0) is 6.54 Å². The monoisotopic (exact) mass is 224 g/mol. The number of guanidine groups is 1. The zero-order chi connectivity index (χ0) is 11.8. The molecule has 0 bridgehead atoms. The van der Waals surface area contributed by atoms with E-state index in [4.69, 9.17) is 10.3 Å². The van der Waals surface area contributed by atoms with E-state index >= 15 is 0 Å². The van der Waals surface area contributed by atoms with Crippen LogP contribution in [0.1, 0.15) is 26.0 Å². The molecule has 0 aliphatic carbocycles. The van der Waals surface area contributed by atoms with Crippen molar-refractivity contribution >= 4 is 5.96 Å². The molecule has 1 heterocycles. The van der Waals surface area contributed by atoms with Crippen molar-refractivity contribution in [3.05, 3.63) is 24.2 Å². The fourth-order valence-corrected chi connectivity index (χ4v) is 1.38. The molecule has 16 heavy (non-hydrogen) atoms. The molecule has 5 heteroatoms. The predicted molar refractivity (Wildman–Crippen MR) is 64.7 cm³/mol. The van der Waals surface area contributed by atoms with Crippen molar-refractivity contribution in [2.45, 2.75) is 26.8 Å². The Morgan fingerprint density at radius 1 is 1.56 bits per heavy atom. The first-order valence-corrected chi connectivity index (χ1v) is 5.60. The maximum atomic E-state index is 5.47. The Bertz CT molecular complexity index is 308. The van der Waals surface area contributed by atoms with Crippen LogP contribution >= 0.6 is 0 Å². The number of furan rings is 1. The molecule has 0 amide bonds. The summed E-state index contributed by atoms with van der Waals surface area (Å²) in [6, 6.07) is 3.82. The molecule has 5 nitrogen and oxygen atoms in total. The number of hydrazine groups is 1. The summed E-state index contributed by atoms with van der Waals surface area (Å²) in [5.74, 6) is 7.08. The highest BCUT2D eigenvalue weighted by atomic mass is 16.3. The Labute approximate surface area is 96.3 Å². The van der Waals surface area contributed by atoms with Crippen LogP contribution < -0.4 is 11.3 Å². The Morgan fingerprint density at radius 3 is 2.88 bits per heavy atom. The molecule has 0 aliphatic rings. The van der Waals surface area contributed by atoms with Gasteiger partial charge in [-0.1, -0.05) is 6.92 Å². The largest absolute Gasteiger partial charge is 0.467 e. The van der Waals surface area contributed by atoms with Crippen molar-refractivity contribution in [3.8, 4) is 0 Å². The third kappa shape index (κ3) is 3.58. The number of nitrogens with two attached hydrogens (primary N) is 1. The second-order valence-electron chi connectivity index (χ2n) is 3.44. The summed E-state index contributed by atoms with van der Waals surface area (Å²) in [5, 5.41) is 0. The van der Waals surface area contributed by atoms with E-state index in [1.807, 2.05) is 17.0 Å². The Hall–Kier alpha value is -1.49. The van der Waals surface area contributed by atoms with Gasteiger partial charge in [0.15, 0.2) is 0 Å². The molecule has 0 radical (unpaired) electrons. The second kappa shape index (κ2) is 6.90. The molecule has 0 aliphatic heterocycles. The smallest absolute Gasteiger partial charge is 0.208 e. The molecule has 1 aromatic rings. The number of aliphatic imine (C=N–C) groups is 1. The third-order valence-corrected chi connectivity index (χ3v) is 2.22. The van der Waals surface area contributed by atoms with Gasteiger partial charge >= 0.3 is 0 Å². The first kappa shape index (κ1) is 12.6. The number of nitrogens with one attached hydrogen (secondary N) is 1. The quantitative estimate of drug-likeness (QED) is 0.343. The van der Waals surface area contributed by atoms with E-state index in [2.05, 4.69) is 24.3 Å². The minimum Gasteiger partial charge on any atom is -0.467 e. The number of hydrogen-bond acceptors (Lipinski definition) is 3. The van der Waals surface area contributed by atoms with Crippen molar-refractivity contribution in [1.29, 1.82) is 0 Å². The lowest BCUT2D eigenvalue weighted by Crippen LogP contribution is -2.44. The van der Waals surface area contributed by atoms with Crippen molar-refractivity contribution in [3.63, 3.8) is 0 Å². The van der Waals surface area contributed by atoms with Crippen LogP contribution in [0.4, 0.5) is 0 Å². The molecule has 0 aromatic carbocycles. The molecule has 0 fully saturated rings. The van der Waals surface area contributed by atoms with E-state index in [9.17, 15) is 0 Å². The molecule has 90 valence electrons. The van der Waals surface area contributed by atoms with E-state index in [-0.39, 0.29) is 0 Å². The van der Waals surface area contributed by atoms with Crippen LogP contribution in [0.3, 0.4) is 0 Å². The number of nitrogens with zero attached hydrogens (tertiary/aromatic N) is 2. The minimum atomic E-state index is 0.677. The minimum absolute atomic E-state index is 0.677. The molecule has 0 saturated carbocycles. The zero-order valence-electron chi connectivity index (χ0n) is 9.94. The first-order chi connectivity index (χ1) is 7.81. The fourth-order valence-electron chi connectivity index (χ4n) is 1.38. The van der Waals surface area contributed by atoms with Crippen LogP contribution in [0.15, 0.2) is 27.8 Å². The highest BCUT2D eigenvalue weighted by Gasteiger charge is 2.09. The van der Waals surface area contributed by atoms with Gasteiger partial charge in [0.2, 0.25) is 5.96 Å². The predicted octanol–water partition coefficient (Wildman–Crippen LogP) is 1.33. The summed E-state index contributed by atoms with van der Waals surface area (Å²) in [5.41, 5.74) is 2.63. The van der Waals surface area contributed by atoms with Gasteiger partial charge in [-0.05, 0) is 25.5 Å². The van der Waals surface area contributed by atoms with Gasteiger partial charge < -0.3 is 9.32 Å². The van der Waals surface area contributed by atoms with Gasteiger partial charge in [-0.2, -0.15) is 0 Å². The van der Waals surface area contributed by atoms with Crippen LogP contribution in [-0.4, -0.2) is 23.9 Å². The van der Waals surface area contributed by atoms with Gasteiger partial charge in [-0.15, -0.1) is 0 Å². The highest BCUT2D eigenvalue weighted by molar-refractivity contribution is 5.79. The molecule has 0 atom stereocenters. The average Bonchev–Trinajstić information content (AvgIpc) is 2.81. The summed E-state index contributed by atoms with van der Waals surface area (Å²) < 4.78 is 5.30. The molecule has 0 unspecified atom stereocenters. The molecule has 0 spiro atoms. The molecule has 3 N–H and O–H groups in total. The summed E-state index contributed by atoms with van der Waals surface area (Å²) in [4.78, 5) is 6.41. The Kier molecular flexibility index (Phi) is 5.42. The zero-order valence-corrected chi connectivity index (χ0v) is 9.94. The topological polar surface area (TPSA) is 66.8 Å². The van der Waals surface area contributed by atoms with E-state index < -0.39 is 0 Å². The van der Waals surface area contributed by atoms with E-state index in [0.717, 1.165) is 25.3 Å². The lowest BCUT2D eigenvalue weighted by Gasteiger charge is -2.22. The summed E-state index contributed by atoms with van der Waals surface area (Å²) >= 11 is 0. The van der Waals surface area contributed by atoms with Crippen molar-refractivity contribution < 1.29 is 4.42 Å². The summed E-state index contributed by atoms with van der Waals surface area (Å²) in [6.45, 7) is 6.42. The fraction of sp³-hybridized carbons (Fsp3) is 0.545. The molecular formula is C11H20N4O. The molecule has 1 rings (SSSR count). The van der Waals surface area contributed by atoms with Crippen LogP contribution in [0.5, 0.6) is 0 Å². The van der Waals surface area contributed by atoms with Gasteiger partial charge in [-0.25, -0.2) is 5.84 Å². The summed E-state index contributed by atoms with van der Waals surface area (Å²) in [6.07, 6.45) is 2.67. The standard InChI is InChI=1S/C11H20N4O/c1-3-7-13-11(14-12)15(4-2)9-10-6-5-8-16-10/h5-6,8H,3-4,7,9,12H2,1-2H3,(H,13,14). The third-order valence-electron chi connectivity index (χ3n) is 2.22. The maximum Gasteiger partial charge on any atom is 0.208 e. The van der Waals surface area contributed by atoms with E-state index in [0.29, 0.717) is 12.5 Å². The lowest BCUT2D eigenvalue weighted by atomic mass is 10.4. The lowest BCUT2D eigenvalue weighted by molar-refractivity contribution is 0.364. The van der Waals surface area contributed by atoms with Crippen molar-refractivity contribution in [2.75, 3.05) is 13.1 Å². The number of rotatable bonds is 5. The van der Waals surface area contributed by atoms with Crippen LogP contribution in [0.25, 0.3) is 0 Å². The van der Waals surface area contributed by atoms with Crippen LogP contribution in [0.2, 0.25) is 0 Å². The van der Waals surface area contributed by atoms with E-state index in [1.165, 1.54) is 0 Å². The average molecular weight is 224 g/mol. The van der Waals surface area contributed by atoms with Gasteiger partial charge in [-0.3, -0.25) is 10.4 Å². The molecule has 1 aromatic heterocycles. The number of hydrogen-bond donors (Lipinski definition) is 2. The van der Waals surface area contributed by atoms with Crippen LogP contribution in [0, 0.1) is 0 Å². The molecule has 0 saturated heterocycles. The van der Waals surface area contributed by atoms with Crippen molar-refractivity contribution in [2.24, 2.45) is 10.8 Å². The Balaban J connectivity index is 2.64. The second-order valence-corrected chi connectivity index (χ2v) is 3.44. The molecular weight excluding hydrogens is 204 g/mol. The SMILES string of the molecule is CCCN=C(NN)N(CC)Cc1ccco1. The maximum absolute atomic E-state index is 5.47. The highest BCUT2D eigenvalue weighted by Crippen LogP contribution is 2.05. The van der Waals surface area contributed by atoms with Gasteiger partial charge in [0.1, 0.15) is 5.76 Å². The summed E-state index contributed by atoms with van der Waals surface area (Å²) in [7, 11) is 0. The first-order valence-electron chi connectivity index (χ1n) is 5.60. The van der Waals surface area contributed by atoms with Gasteiger partial charge in [0, 0.05) is 13.1 Å². The normalized spacial score (nSPS) is 11.6. The van der Waals surface area contributed by atoms with E-state index in [1.54, 1.807) is 6.26 Å².